The predicted octanol–water partition coefficient (Wildman–Crippen LogP) is 2.65. The molecular weight excluding hydrogens is 306 g/mol. The van der Waals surface area contributed by atoms with Gasteiger partial charge in [-0.1, -0.05) is 18.2 Å². The highest BCUT2D eigenvalue weighted by molar-refractivity contribution is 5.77. The molecule has 0 bridgehead atoms. The summed E-state index contributed by atoms with van der Waals surface area (Å²) in [6, 6.07) is 12.0. The molecule has 0 spiro atoms. The number of aromatic nitrogens is 4. The normalized spacial score (nSPS) is 11.4. The molecule has 3 heterocycles. The molecule has 0 fully saturated rings. The molecule has 0 aliphatic carbocycles. The second kappa shape index (κ2) is 5.93. The van der Waals surface area contributed by atoms with Crippen molar-refractivity contribution in [2.45, 2.75) is 13.2 Å². The molecule has 122 valence electrons. The highest BCUT2D eigenvalue weighted by Gasteiger charge is 2.13. The first-order chi connectivity index (χ1) is 11.7. The van der Waals surface area contributed by atoms with Crippen LogP contribution in [0.15, 0.2) is 47.1 Å². The van der Waals surface area contributed by atoms with Crippen molar-refractivity contribution in [3.05, 3.63) is 54.2 Å². The largest absolute Gasteiger partial charge is 0.459 e. The van der Waals surface area contributed by atoms with Gasteiger partial charge in [-0.15, -0.1) is 0 Å². The molecule has 7 nitrogen and oxygen atoms in total. The van der Waals surface area contributed by atoms with E-state index in [0.717, 1.165) is 28.2 Å². The lowest BCUT2D eigenvalue weighted by molar-refractivity contribution is 0.181. The molecule has 4 aromatic rings. The fourth-order valence-electron chi connectivity index (χ4n) is 2.77. The van der Waals surface area contributed by atoms with E-state index in [4.69, 9.17) is 9.15 Å². The van der Waals surface area contributed by atoms with Gasteiger partial charge in [0.25, 0.3) is 5.78 Å². The molecule has 0 radical (unpaired) electrons. The average molecular weight is 323 g/mol. The van der Waals surface area contributed by atoms with E-state index in [1.807, 2.05) is 37.4 Å². The van der Waals surface area contributed by atoms with Crippen molar-refractivity contribution >= 4 is 22.6 Å². The Balaban J connectivity index is 1.69. The van der Waals surface area contributed by atoms with Gasteiger partial charge < -0.3 is 14.1 Å². The second-order valence-electron chi connectivity index (χ2n) is 5.62. The number of nitrogens with zero attached hydrogens (tertiary/aromatic N) is 5. The van der Waals surface area contributed by atoms with Crippen LogP contribution in [0.4, 0.5) is 5.82 Å². The van der Waals surface area contributed by atoms with E-state index in [1.54, 1.807) is 11.6 Å². The third-order valence-electron chi connectivity index (χ3n) is 3.84. The molecule has 0 unspecified atom stereocenters. The summed E-state index contributed by atoms with van der Waals surface area (Å²) in [5.74, 6) is 2.32. The Kier molecular flexibility index (Phi) is 3.62. The molecule has 0 aliphatic heterocycles. The second-order valence-corrected chi connectivity index (χ2v) is 5.62. The van der Waals surface area contributed by atoms with Gasteiger partial charge in [-0.05, 0) is 12.1 Å². The van der Waals surface area contributed by atoms with E-state index < -0.39 is 0 Å². The monoisotopic (exact) mass is 323 g/mol. The topological polar surface area (TPSA) is 68.7 Å². The molecule has 0 saturated carbocycles. The Hall–Kier alpha value is -2.93. The molecule has 4 rings (SSSR count). The zero-order valence-corrected chi connectivity index (χ0v) is 13.5. The van der Waals surface area contributed by atoms with Crippen LogP contribution in [0, 0.1) is 0 Å². The van der Waals surface area contributed by atoms with Crippen molar-refractivity contribution in [1.29, 1.82) is 0 Å². The molecule has 3 aromatic heterocycles. The Morgan fingerprint density at radius 2 is 2.12 bits per heavy atom. The van der Waals surface area contributed by atoms with Gasteiger partial charge >= 0.3 is 0 Å². The summed E-state index contributed by atoms with van der Waals surface area (Å²) in [7, 11) is 3.63. The van der Waals surface area contributed by atoms with Crippen LogP contribution in [0.1, 0.15) is 11.5 Å². The number of hydrogen-bond acceptors (Lipinski definition) is 6. The molecular formula is C17H17N5O2. The summed E-state index contributed by atoms with van der Waals surface area (Å²) in [5, 5.41) is 5.35. The van der Waals surface area contributed by atoms with Gasteiger partial charge in [-0.2, -0.15) is 14.6 Å². The van der Waals surface area contributed by atoms with E-state index in [2.05, 4.69) is 26.0 Å². The number of furan rings is 1. The van der Waals surface area contributed by atoms with Gasteiger partial charge in [0.05, 0.1) is 18.8 Å². The molecule has 24 heavy (non-hydrogen) atoms. The number of fused-ring (bicyclic) bond motifs is 2. The van der Waals surface area contributed by atoms with Crippen molar-refractivity contribution < 1.29 is 9.15 Å². The smallest absolute Gasteiger partial charge is 0.254 e. The van der Waals surface area contributed by atoms with Crippen molar-refractivity contribution in [3.63, 3.8) is 0 Å². The summed E-state index contributed by atoms with van der Waals surface area (Å²) in [5.41, 5.74) is 1.70. The summed E-state index contributed by atoms with van der Waals surface area (Å²) >= 11 is 0. The van der Waals surface area contributed by atoms with Crippen LogP contribution in [0.3, 0.4) is 0 Å². The lowest BCUT2D eigenvalue weighted by Gasteiger charge is -2.19. The number of benzene rings is 1. The van der Waals surface area contributed by atoms with Gasteiger partial charge in [-0.25, -0.2) is 4.98 Å². The maximum Gasteiger partial charge on any atom is 0.254 e. The van der Waals surface area contributed by atoms with E-state index in [9.17, 15) is 0 Å². The van der Waals surface area contributed by atoms with Gasteiger partial charge in [0.2, 0.25) is 0 Å². The van der Waals surface area contributed by atoms with Crippen LogP contribution in [-0.4, -0.2) is 33.7 Å². The SMILES string of the molecule is COCc1cc(N(C)Cc2cc3ccccc3o2)n2ncnc2n1. The van der Waals surface area contributed by atoms with E-state index in [0.29, 0.717) is 18.9 Å². The maximum absolute atomic E-state index is 5.90. The Morgan fingerprint density at radius 3 is 2.96 bits per heavy atom. The van der Waals surface area contributed by atoms with Gasteiger partial charge in [0.15, 0.2) is 0 Å². The summed E-state index contributed by atoms with van der Waals surface area (Å²) in [6.45, 7) is 1.04. The van der Waals surface area contributed by atoms with Crippen molar-refractivity contribution in [3.8, 4) is 0 Å². The molecule has 7 heteroatoms. The van der Waals surface area contributed by atoms with Gasteiger partial charge in [-0.3, -0.25) is 0 Å². The van der Waals surface area contributed by atoms with E-state index in [1.165, 1.54) is 6.33 Å². The van der Waals surface area contributed by atoms with Crippen LogP contribution in [0.2, 0.25) is 0 Å². The van der Waals surface area contributed by atoms with Crippen LogP contribution in [0.5, 0.6) is 0 Å². The zero-order valence-electron chi connectivity index (χ0n) is 13.5. The third kappa shape index (κ3) is 2.59. The number of methoxy groups -OCH3 is 1. The molecule has 0 N–H and O–H groups in total. The zero-order chi connectivity index (χ0) is 16.5. The van der Waals surface area contributed by atoms with Crippen LogP contribution < -0.4 is 4.90 Å². The van der Waals surface area contributed by atoms with Crippen LogP contribution >= 0.6 is 0 Å². The highest BCUT2D eigenvalue weighted by atomic mass is 16.5. The first-order valence-electron chi connectivity index (χ1n) is 7.62. The molecule has 0 amide bonds. The highest BCUT2D eigenvalue weighted by Crippen LogP contribution is 2.22. The molecule has 0 atom stereocenters. The van der Waals surface area contributed by atoms with Crippen LogP contribution in [0.25, 0.3) is 16.7 Å². The average Bonchev–Trinajstić information content (AvgIpc) is 3.19. The van der Waals surface area contributed by atoms with E-state index >= 15 is 0 Å². The first kappa shape index (κ1) is 14.6. The summed E-state index contributed by atoms with van der Waals surface area (Å²) < 4.78 is 12.8. The number of anilines is 1. The van der Waals surface area contributed by atoms with Crippen LogP contribution in [-0.2, 0) is 17.9 Å². The molecule has 0 saturated heterocycles. The fourth-order valence-corrected chi connectivity index (χ4v) is 2.77. The Bertz CT molecular complexity index is 958. The maximum atomic E-state index is 5.90. The molecule has 1 aromatic carbocycles. The number of ether oxygens (including phenoxy) is 1. The van der Waals surface area contributed by atoms with Crippen molar-refractivity contribution in [1.82, 2.24) is 19.6 Å². The number of rotatable bonds is 5. The van der Waals surface area contributed by atoms with Gasteiger partial charge in [0.1, 0.15) is 23.5 Å². The predicted molar refractivity (Wildman–Crippen MR) is 89.8 cm³/mol. The van der Waals surface area contributed by atoms with E-state index in [-0.39, 0.29) is 0 Å². The lowest BCUT2D eigenvalue weighted by Crippen LogP contribution is -2.20. The first-order valence-corrected chi connectivity index (χ1v) is 7.62. The standard InChI is InChI=1S/C17H17N5O2/c1-21(9-14-7-12-5-3-4-6-15(12)24-14)16-8-13(10-23-2)20-17-18-11-19-22(16)17/h3-8,11H,9-10H2,1-2H3. The minimum atomic E-state index is 0.425. The minimum Gasteiger partial charge on any atom is -0.459 e. The fraction of sp³-hybridized carbons (Fsp3) is 0.235. The third-order valence-corrected chi connectivity index (χ3v) is 3.84. The number of para-hydroxylation sites is 1. The Labute approximate surface area is 138 Å². The Morgan fingerprint density at radius 1 is 1.25 bits per heavy atom. The lowest BCUT2D eigenvalue weighted by atomic mass is 10.2. The summed E-state index contributed by atoms with van der Waals surface area (Å²) in [6.07, 6.45) is 1.50. The number of hydrogen-bond donors (Lipinski definition) is 0. The van der Waals surface area contributed by atoms with Crippen molar-refractivity contribution in [2.75, 3.05) is 19.1 Å². The summed E-state index contributed by atoms with van der Waals surface area (Å²) in [4.78, 5) is 10.7. The molecule has 0 aliphatic rings. The van der Waals surface area contributed by atoms with Crippen molar-refractivity contribution in [2.24, 2.45) is 0 Å². The minimum absolute atomic E-state index is 0.425. The quantitative estimate of drug-likeness (QED) is 0.562. The van der Waals surface area contributed by atoms with Gasteiger partial charge in [0, 0.05) is 25.6 Å².